The monoisotopic (exact) mass is 527 g/mol. The Hall–Kier alpha value is -3.40. The Morgan fingerprint density at radius 1 is 1.03 bits per heavy atom. The number of carbonyl (C=O) groups excluding carboxylic acids is 1. The first-order valence-corrected chi connectivity index (χ1v) is 13.5. The third-order valence-corrected chi connectivity index (χ3v) is 7.28. The minimum absolute atomic E-state index is 0.0350. The average molecular weight is 528 g/mol. The van der Waals surface area contributed by atoms with E-state index in [0.29, 0.717) is 22.5 Å². The Morgan fingerprint density at radius 2 is 1.74 bits per heavy atom. The number of nitrogens with one attached hydrogen (secondary N) is 2. The lowest BCUT2D eigenvalue weighted by Gasteiger charge is -2.12. The first-order chi connectivity index (χ1) is 16.9. The summed E-state index contributed by atoms with van der Waals surface area (Å²) in [7, 11) is -3.91. The fraction of sp³-hybridized carbons (Fsp3) is 0.120. The maximum Gasteiger partial charge on any atom is 0.261 e. The maximum absolute atomic E-state index is 13.0. The van der Waals surface area contributed by atoms with Gasteiger partial charge < -0.3 is 4.74 Å². The summed E-state index contributed by atoms with van der Waals surface area (Å²) >= 11 is 7.13. The summed E-state index contributed by atoms with van der Waals surface area (Å²) in [6.07, 6.45) is 0.933. The zero-order chi connectivity index (χ0) is 24.8. The Balaban J connectivity index is 1.49. The second kappa shape index (κ2) is 10.9. The van der Waals surface area contributed by atoms with E-state index in [1.165, 1.54) is 41.7 Å². The number of anilines is 2. The van der Waals surface area contributed by atoms with Gasteiger partial charge >= 0.3 is 0 Å². The molecular formula is C25H22ClN3O4S2. The largest absolute Gasteiger partial charge is 0.494 e. The molecule has 7 nitrogen and oxygen atoms in total. The van der Waals surface area contributed by atoms with E-state index >= 15 is 0 Å². The van der Waals surface area contributed by atoms with E-state index in [1.807, 2.05) is 36.6 Å². The van der Waals surface area contributed by atoms with Crippen molar-refractivity contribution in [1.29, 1.82) is 0 Å². The Labute approximate surface area is 212 Å². The Bertz CT molecular complexity index is 1420. The van der Waals surface area contributed by atoms with Crippen LogP contribution < -0.4 is 14.8 Å². The van der Waals surface area contributed by atoms with E-state index in [-0.39, 0.29) is 16.1 Å². The molecule has 0 aliphatic carbocycles. The van der Waals surface area contributed by atoms with Crippen molar-refractivity contribution < 1.29 is 17.9 Å². The molecule has 3 aromatic carbocycles. The number of rotatable bonds is 9. The Kier molecular flexibility index (Phi) is 7.70. The number of thiazole rings is 1. The van der Waals surface area contributed by atoms with E-state index < -0.39 is 15.9 Å². The molecule has 1 amide bonds. The second-order valence-corrected chi connectivity index (χ2v) is 10.4. The molecule has 0 saturated carbocycles. The number of sulfonamides is 1. The molecule has 180 valence electrons. The molecule has 10 heteroatoms. The molecule has 0 atom stereocenters. The standard InChI is InChI=1S/C25H22ClN3O4S2/c1-2-15-33-19-11-7-17(8-12-19)23-16-34-25(27-23)28-24(30)21-5-3-4-6-22(21)29-35(31,32)20-13-9-18(26)10-14-20/h3-14,16,29H,2,15H2,1H3,(H,27,28,30). The topological polar surface area (TPSA) is 97.4 Å². The molecule has 2 N–H and O–H groups in total. The predicted octanol–water partition coefficient (Wildman–Crippen LogP) is 6.31. The van der Waals surface area contributed by atoms with Gasteiger partial charge in [-0.15, -0.1) is 11.3 Å². The maximum atomic E-state index is 13.0. The van der Waals surface area contributed by atoms with Crippen LogP contribution in [0.3, 0.4) is 0 Å². The molecule has 4 aromatic rings. The van der Waals surface area contributed by atoms with Gasteiger partial charge in [-0.3, -0.25) is 14.8 Å². The highest BCUT2D eigenvalue weighted by atomic mass is 35.5. The molecule has 0 bridgehead atoms. The molecule has 0 aliphatic rings. The SMILES string of the molecule is CCCOc1ccc(-c2csc(NC(=O)c3ccccc3NS(=O)(=O)c3ccc(Cl)cc3)n2)cc1. The molecule has 0 radical (unpaired) electrons. The van der Waals surface area contributed by atoms with Crippen LogP contribution in [-0.2, 0) is 10.0 Å². The van der Waals surface area contributed by atoms with Crippen molar-refractivity contribution in [1.82, 2.24) is 4.98 Å². The van der Waals surface area contributed by atoms with Crippen molar-refractivity contribution in [2.45, 2.75) is 18.2 Å². The predicted molar refractivity (Wildman–Crippen MR) is 140 cm³/mol. The smallest absolute Gasteiger partial charge is 0.261 e. The molecule has 0 saturated heterocycles. The highest BCUT2D eigenvalue weighted by Gasteiger charge is 2.19. The summed E-state index contributed by atoms with van der Waals surface area (Å²) in [6.45, 7) is 2.70. The summed E-state index contributed by atoms with van der Waals surface area (Å²) in [5.41, 5.74) is 1.92. The molecular weight excluding hydrogens is 506 g/mol. The molecule has 1 heterocycles. The summed E-state index contributed by atoms with van der Waals surface area (Å²) in [5.74, 6) is 0.306. The van der Waals surface area contributed by atoms with Crippen LogP contribution in [0.4, 0.5) is 10.8 Å². The van der Waals surface area contributed by atoms with E-state index in [4.69, 9.17) is 16.3 Å². The van der Waals surface area contributed by atoms with Crippen LogP contribution in [0.5, 0.6) is 5.75 Å². The lowest BCUT2D eigenvalue weighted by atomic mass is 10.1. The van der Waals surface area contributed by atoms with E-state index in [1.54, 1.807) is 18.2 Å². The fourth-order valence-corrected chi connectivity index (χ4v) is 5.08. The zero-order valence-electron chi connectivity index (χ0n) is 18.7. The van der Waals surface area contributed by atoms with Crippen LogP contribution in [0.1, 0.15) is 23.7 Å². The second-order valence-electron chi connectivity index (χ2n) is 7.47. The average Bonchev–Trinajstić information content (AvgIpc) is 3.32. The van der Waals surface area contributed by atoms with Gasteiger partial charge in [-0.2, -0.15) is 0 Å². The number of aromatic nitrogens is 1. The van der Waals surface area contributed by atoms with Crippen LogP contribution in [0, 0.1) is 0 Å². The number of hydrogen-bond acceptors (Lipinski definition) is 6. The number of amides is 1. The number of benzene rings is 3. The molecule has 0 unspecified atom stereocenters. The van der Waals surface area contributed by atoms with Gasteiger partial charge in [-0.1, -0.05) is 30.7 Å². The van der Waals surface area contributed by atoms with Crippen molar-refractivity contribution >= 4 is 49.7 Å². The lowest BCUT2D eigenvalue weighted by molar-refractivity contribution is 0.102. The van der Waals surface area contributed by atoms with Crippen LogP contribution in [0.15, 0.2) is 83.1 Å². The van der Waals surface area contributed by atoms with Crippen molar-refractivity contribution in [3.8, 4) is 17.0 Å². The number of nitrogens with zero attached hydrogens (tertiary/aromatic N) is 1. The van der Waals surface area contributed by atoms with Gasteiger partial charge in [0.05, 0.1) is 28.4 Å². The zero-order valence-corrected chi connectivity index (χ0v) is 21.1. The third kappa shape index (κ3) is 6.19. The van der Waals surface area contributed by atoms with E-state index in [9.17, 15) is 13.2 Å². The molecule has 0 fully saturated rings. The number of halogens is 1. The number of hydrogen-bond donors (Lipinski definition) is 2. The lowest BCUT2D eigenvalue weighted by Crippen LogP contribution is -2.18. The van der Waals surface area contributed by atoms with Crippen molar-refractivity contribution in [2.75, 3.05) is 16.6 Å². The minimum atomic E-state index is -3.91. The molecule has 0 aliphatic heterocycles. The van der Waals surface area contributed by atoms with Crippen LogP contribution in [-0.4, -0.2) is 25.9 Å². The van der Waals surface area contributed by atoms with E-state index in [0.717, 1.165) is 17.7 Å². The Morgan fingerprint density at radius 3 is 2.46 bits per heavy atom. The van der Waals surface area contributed by atoms with E-state index in [2.05, 4.69) is 15.0 Å². The first kappa shape index (κ1) is 24.7. The van der Waals surface area contributed by atoms with Crippen LogP contribution >= 0.6 is 22.9 Å². The van der Waals surface area contributed by atoms with Gasteiger partial charge in [-0.05, 0) is 67.1 Å². The third-order valence-electron chi connectivity index (χ3n) is 4.89. The fourth-order valence-electron chi connectivity index (χ4n) is 3.16. The number of para-hydroxylation sites is 1. The first-order valence-electron chi connectivity index (χ1n) is 10.7. The highest BCUT2D eigenvalue weighted by molar-refractivity contribution is 7.92. The van der Waals surface area contributed by atoms with Gasteiger partial charge in [0.15, 0.2) is 5.13 Å². The summed E-state index contributed by atoms with van der Waals surface area (Å²) in [6, 6.07) is 19.7. The molecule has 0 spiro atoms. The molecule has 35 heavy (non-hydrogen) atoms. The summed E-state index contributed by atoms with van der Waals surface area (Å²) in [5, 5.41) is 5.41. The van der Waals surface area contributed by atoms with Gasteiger partial charge in [0.25, 0.3) is 15.9 Å². The summed E-state index contributed by atoms with van der Waals surface area (Å²) in [4.78, 5) is 17.5. The van der Waals surface area contributed by atoms with Crippen molar-refractivity contribution in [2.24, 2.45) is 0 Å². The minimum Gasteiger partial charge on any atom is -0.494 e. The molecule has 4 rings (SSSR count). The normalized spacial score (nSPS) is 11.1. The highest BCUT2D eigenvalue weighted by Crippen LogP contribution is 2.28. The molecule has 1 aromatic heterocycles. The van der Waals surface area contributed by atoms with Crippen molar-refractivity contribution in [3.05, 3.63) is 88.8 Å². The summed E-state index contributed by atoms with van der Waals surface area (Å²) < 4.78 is 33.6. The van der Waals surface area contributed by atoms with Gasteiger partial charge in [0.2, 0.25) is 0 Å². The van der Waals surface area contributed by atoms with Crippen LogP contribution in [0.2, 0.25) is 5.02 Å². The quantitative estimate of drug-likeness (QED) is 0.266. The van der Waals surface area contributed by atoms with Crippen LogP contribution in [0.25, 0.3) is 11.3 Å². The van der Waals surface area contributed by atoms with Gasteiger partial charge in [0.1, 0.15) is 5.75 Å². The number of carbonyl (C=O) groups is 1. The van der Waals surface area contributed by atoms with Crippen molar-refractivity contribution in [3.63, 3.8) is 0 Å². The van der Waals surface area contributed by atoms with Gasteiger partial charge in [0, 0.05) is 16.0 Å². The number of ether oxygens (including phenoxy) is 1. The van der Waals surface area contributed by atoms with Gasteiger partial charge in [-0.25, -0.2) is 13.4 Å².